The zero-order chi connectivity index (χ0) is 14.4. The maximum atomic E-state index is 11.8. The Morgan fingerprint density at radius 1 is 1.25 bits per heavy atom. The lowest BCUT2D eigenvalue weighted by atomic mass is 9.66. The number of carboxylic acids is 1. The van der Waals surface area contributed by atoms with Gasteiger partial charge in [0.25, 0.3) is 0 Å². The second kappa shape index (κ2) is 7.07. The molecule has 0 bridgehead atoms. The lowest BCUT2D eigenvalue weighted by molar-refractivity contribution is -0.141. The molecule has 0 aromatic rings. The van der Waals surface area contributed by atoms with E-state index in [4.69, 9.17) is 9.84 Å². The molecular formula is C15H25NO4. The van der Waals surface area contributed by atoms with E-state index in [2.05, 4.69) is 5.32 Å². The van der Waals surface area contributed by atoms with E-state index in [0.717, 1.165) is 45.1 Å². The summed E-state index contributed by atoms with van der Waals surface area (Å²) in [6.07, 6.45) is 7.90. The van der Waals surface area contributed by atoms with Crippen LogP contribution < -0.4 is 5.32 Å². The molecule has 1 heterocycles. The van der Waals surface area contributed by atoms with Gasteiger partial charge in [-0.2, -0.15) is 0 Å². The van der Waals surface area contributed by atoms with Crippen LogP contribution in [-0.4, -0.2) is 36.2 Å². The van der Waals surface area contributed by atoms with Gasteiger partial charge in [0.1, 0.15) is 0 Å². The van der Waals surface area contributed by atoms with Gasteiger partial charge in [0.15, 0.2) is 0 Å². The van der Waals surface area contributed by atoms with Crippen LogP contribution in [0, 0.1) is 5.41 Å². The fraction of sp³-hybridized carbons (Fsp3) is 0.867. The number of nitrogens with one attached hydrogen (secondary N) is 1. The molecule has 0 radical (unpaired) electrons. The first-order valence-electron chi connectivity index (χ1n) is 7.70. The van der Waals surface area contributed by atoms with Crippen LogP contribution in [-0.2, 0) is 14.3 Å². The number of hydrogen-bond acceptors (Lipinski definition) is 3. The lowest BCUT2D eigenvalue weighted by Crippen LogP contribution is -2.43. The predicted octanol–water partition coefficient (Wildman–Crippen LogP) is 2.10. The van der Waals surface area contributed by atoms with Crippen LogP contribution in [0.4, 0.5) is 0 Å². The van der Waals surface area contributed by atoms with Crippen molar-refractivity contribution in [3.05, 3.63) is 0 Å². The van der Waals surface area contributed by atoms with E-state index in [1.165, 1.54) is 6.42 Å². The first kappa shape index (κ1) is 15.3. The normalized spacial score (nSPS) is 24.7. The molecule has 1 atom stereocenters. The first-order valence-corrected chi connectivity index (χ1v) is 7.70. The van der Waals surface area contributed by atoms with Crippen LogP contribution in [0.5, 0.6) is 0 Å². The Morgan fingerprint density at radius 3 is 2.60 bits per heavy atom. The summed E-state index contributed by atoms with van der Waals surface area (Å²) in [6.45, 7) is 1.32. The lowest BCUT2D eigenvalue weighted by Gasteiger charge is -2.40. The molecule has 2 fully saturated rings. The standard InChI is InChI=1S/C15H25NO4/c17-13(6-5-12-4-1-2-9-20-12)16-11-15(7-3-8-15)10-14(18)19/h12H,1-11H2,(H,16,17)(H,18,19). The fourth-order valence-corrected chi connectivity index (χ4v) is 3.12. The Morgan fingerprint density at radius 2 is 2.05 bits per heavy atom. The van der Waals surface area contributed by atoms with Gasteiger partial charge >= 0.3 is 5.97 Å². The average Bonchev–Trinajstić information content (AvgIpc) is 2.40. The average molecular weight is 283 g/mol. The van der Waals surface area contributed by atoms with Crippen molar-refractivity contribution in [1.82, 2.24) is 5.32 Å². The van der Waals surface area contributed by atoms with E-state index < -0.39 is 5.97 Å². The number of carbonyl (C=O) groups excluding carboxylic acids is 1. The second-order valence-electron chi connectivity index (χ2n) is 6.23. The molecule has 1 amide bonds. The molecule has 1 aliphatic carbocycles. The molecule has 1 saturated heterocycles. The minimum absolute atomic E-state index is 0.0239. The van der Waals surface area contributed by atoms with Crippen molar-refractivity contribution in [2.45, 2.75) is 63.9 Å². The van der Waals surface area contributed by atoms with Crippen molar-refractivity contribution < 1.29 is 19.4 Å². The third-order valence-corrected chi connectivity index (χ3v) is 4.57. The first-order chi connectivity index (χ1) is 9.60. The van der Waals surface area contributed by atoms with Gasteiger partial charge in [-0.3, -0.25) is 9.59 Å². The molecule has 5 heteroatoms. The van der Waals surface area contributed by atoms with Crippen LogP contribution in [0.1, 0.15) is 57.8 Å². The van der Waals surface area contributed by atoms with Gasteiger partial charge in [0.2, 0.25) is 5.91 Å². The van der Waals surface area contributed by atoms with Gasteiger partial charge in [-0.1, -0.05) is 6.42 Å². The van der Waals surface area contributed by atoms with Gasteiger partial charge in [0, 0.05) is 19.6 Å². The zero-order valence-corrected chi connectivity index (χ0v) is 12.0. The van der Waals surface area contributed by atoms with Crippen molar-refractivity contribution in [1.29, 1.82) is 0 Å². The maximum absolute atomic E-state index is 11.8. The van der Waals surface area contributed by atoms with Gasteiger partial charge in [0.05, 0.1) is 12.5 Å². The highest BCUT2D eigenvalue weighted by atomic mass is 16.5. The minimum atomic E-state index is -0.769. The molecule has 20 heavy (non-hydrogen) atoms. The Bertz CT molecular complexity index is 346. The van der Waals surface area contributed by atoms with Crippen molar-refractivity contribution in [2.24, 2.45) is 5.41 Å². The summed E-state index contributed by atoms with van der Waals surface area (Å²) in [7, 11) is 0. The Balaban J connectivity index is 1.65. The fourth-order valence-electron chi connectivity index (χ4n) is 3.12. The summed E-state index contributed by atoms with van der Waals surface area (Å²) in [6, 6.07) is 0. The van der Waals surface area contributed by atoms with Crippen molar-refractivity contribution in [3.8, 4) is 0 Å². The summed E-state index contributed by atoms with van der Waals surface area (Å²) in [4.78, 5) is 22.7. The second-order valence-corrected chi connectivity index (χ2v) is 6.23. The smallest absolute Gasteiger partial charge is 0.303 e. The largest absolute Gasteiger partial charge is 0.481 e. The van der Waals surface area contributed by atoms with Crippen LogP contribution in [0.25, 0.3) is 0 Å². The summed E-state index contributed by atoms with van der Waals surface area (Å²) in [5, 5.41) is 11.8. The molecule has 5 nitrogen and oxygen atoms in total. The van der Waals surface area contributed by atoms with E-state index in [9.17, 15) is 9.59 Å². The van der Waals surface area contributed by atoms with E-state index >= 15 is 0 Å². The molecule has 2 N–H and O–H groups in total. The predicted molar refractivity (Wildman–Crippen MR) is 74.4 cm³/mol. The summed E-state index contributed by atoms with van der Waals surface area (Å²) < 4.78 is 5.60. The Hall–Kier alpha value is -1.10. The highest BCUT2D eigenvalue weighted by Crippen LogP contribution is 2.43. The number of carboxylic acid groups (broad SMARTS) is 1. The third-order valence-electron chi connectivity index (χ3n) is 4.57. The van der Waals surface area contributed by atoms with Crippen molar-refractivity contribution in [2.75, 3.05) is 13.2 Å². The molecule has 114 valence electrons. The quantitative estimate of drug-likeness (QED) is 0.750. The molecule has 1 unspecified atom stereocenters. The van der Waals surface area contributed by atoms with Gasteiger partial charge < -0.3 is 15.2 Å². The van der Waals surface area contributed by atoms with Crippen molar-refractivity contribution >= 4 is 11.9 Å². The molecule has 2 rings (SSSR count). The Labute approximate surface area is 120 Å². The van der Waals surface area contributed by atoms with Crippen LogP contribution >= 0.6 is 0 Å². The van der Waals surface area contributed by atoms with E-state index in [0.29, 0.717) is 13.0 Å². The molecule has 0 aromatic heterocycles. The summed E-state index contributed by atoms with van der Waals surface area (Å²) in [5.74, 6) is -0.745. The molecule has 2 aliphatic rings. The van der Waals surface area contributed by atoms with E-state index in [-0.39, 0.29) is 23.8 Å². The monoisotopic (exact) mass is 283 g/mol. The van der Waals surface area contributed by atoms with Gasteiger partial charge in [-0.15, -0.1) is 0 Å². The van der Waals surface area contributed by atoms with Crippen molar-refractivity contribution in [3.63, 3.8) is 0 Å². The molecular weight excluding hydrogens is 258 g/mol. The minimum Gasteiger partial charge on any atom is -0.481 e. The van der Waals surface area contributed by atoms with Crippen LogP contribution in [0.3, 0.4) is 0 Å². The number of ether oxygens (including phenoxy) is 1. The third kappa shape index (κ3) is 4.47. The Kier molecular flexibility index (Phi) is 5.40. The van der Waals surface area contributed by atoms with Crippen LogP contribution in [0.15, 0.2) is 0 Å². The maximum Gasteiger partial charge on any atom is 0.303 e. The summed E-state index contributed by atoms with van der Waals surface area (Å²) in [5.41, 5.74) is -0.192. The number of rotatable bonds is 7. The van der Waals surface area contributed by atoms with Gasteiger partial charge in [-0.05, 0) is 43.9 Å². The number of carbonyl (C=O) groups is 2. The zero-order valence-electron chi connectivity index (χ0n) is 12.0. The highest BCUT2D eigenvalue weighted by Gasteiger charge is 2.39. The number of hydrogen-bond donors (Lipinski definition) is 2. The highest BCUT2D eigenvalue weighted by molar-refractivity contribution is 5.76. The van der Waals surface area contributed by atoms with Crippen LogP contribution in [0.2, 0.25) is 0 Å². The molecule has 1 saturated carbocycles. The number of amides is 1. The molecule has 0 spiro atoms. The topological polar surface area (TPSA) is 75.6 Å². The number of aliphatic carboxylic acids is 1. The van der Waals surface area contributed by atoms with Gasteiger partial charge in [-0.25, -0.2) is 0 Å². The SMILES string of the molecule is O=C(O)CC1(CNC(=O)CCC2CCCCO2)CCC1. The van der Waals surface area contributed by atoms with E-state index in [1.807, 2.05) is 0 Å². The molecule has 0 aromatic carbocycles. The van der Waals surface area contributed by atoms with E-state index in [1.54, 1.807) is 0 Å². The molecule has 1 aliphatic heterocycles. The summed E-state index contributed by atoms with van der Waals surface area (Å²) >= 11 is 0.